The quantitative estimate of drug-likeness (QED) is 0.857. The number of nitrogens with two attached hydrogens (primary N) is 1. The molecule has 0 heterocycles. The number of carboxylic acids is 1. The van der Waals surface area contributed by atoms with Gasteiger partial charge in [-0.2, -0.15) is 0 Å². The number of rotatable bonds is 4. The molecule has 0 saturated heterocycles. The van der Waals surface area contributed by atoms with Gasteiger partial charge in [-0.1, -0.05) is 0 Å². The van der Waals surface area contributed by atoms with E-state index in [1.54, 1.807) is 0 Å². The molecular weight excluding hydrogens is 266 g/mol. The van der Waals surface area contributed by atoms with E-state index in [0.717, 1.165) is 0 Å². The standard InChI is InChI=1S/C9H8BrNO4/c10-6-3-5(9(13)14)1-2-7(6)15-4-8(11)12/h1-3H,4H2,(H2,11,12)(H,13,14). The molecule has 0 aromatic heterocycles. The lowest BCUT2D eigenvalue weighted by atomic mass is 10.2. The number of halogens is 1. The van der Waals surface area contributed by atoms with Crippen molar-refractivity contribution in [3.8, 4) is 5.75 Å². The Kier molecular flexibility index (Phi) is 3.68. The fourth-order valence-electron chi connectivity index (χ4n) is 0.900. The molecule has 80 valence electrons. The predicted molar refractivity (Wildman–Crippen MR) is 55.8 cm³/mol. The summed E-state index contributed by atoms with van der Waals surface area (Å²) >= 11 is 3.13. The van der Waals surface area contributed by atoms with Crippen LogP contribution in [0.25, 0.3) is 0 Å². The molecule has 0 atom stereocenters. The second-order valence-electron chi connectivity index (χ2n) is 2.71. The molecule has 0 spiro atoms. The van der Waals surface area contributed by atoms with Crippen LogP contribution in [0.4, 0.5) is 0 Å². The maximum Gasteiger partial charge on any atom is 0.335 e. The smallest absolute Gasteiger partial charge is 0.335 e. The molecular formula is C9H8BrNO4. The first-order valence-electron chi connectivity index (χ1n) is 3.94. The second kappa shape index (κ2) is 4.79. The van der Waals surface area contributed by atoms with Crippen molar-refractivity contribution in [2.75, 3.05) is 6.61 Å². The third-order valence-corrected chi connectivity index (χ3v) is 2.17. The number of primary amides is 1. The van der Waals surface area contributed by atoms with E-state index in [4.69, 9.17) is 15.6 Å². The highest BCUT2D eigenvalue weighted by molar-refractivity contribution is 9.10. The zero-order valence-corrected chi connectivity index (χ0v) is 9.15. The zero-order valence-electron chi connectivity index (χ0n) is 7.57. The van der Waals surface area contributed by atoms with Gasteiger partial charge in [0, 0.05) is 0 Å². The van der Waals surface area contributed by atoms with Crippen LogP contribution < -0.4 is 10.5 Å². The van der Waals surface area contributed by atoms with Crippen molar-refractivity contribution in [3.05, 3.63) is 28.2 Å². The van der Waals surface area contributed by atoms with Crippen LogP contribution in [0, 0.1) is 0 Å². The van der Waals surface area contributed by atoms with Crippen molar-refractivity contribution in [1.82, 2.24) is 0 Å². The highest BCUT2D eigenvalue weighted by Gasteiger charge is 2.08. The van der Waals surface area contributed by atoms with Crippen molar-refractivity contribution in [3.63, 3.8) is 0 Å². The van der Waals surface area contributed by atoms with E-state index >= 15 is 0 Å². The molecule has 1 rings (SSSR count). The van der Waals surface area contributed by atoms with Crippen LogP contribution in [-0.2, 0) is 4.79 Å². The van der Waals surface area contributed by atoms with Gasteiger partial charge in [0.1, 0.15) is 5.75 Å². The van der Waals surface area contributed by atoms with E-state index in [9.17, 15) is 9.59 Å². The van der Waals surface area contributed by atoms with Crippen molar-refractivity contribution in [1.29, 1.82) is 0 Å². The molecule has 3 N–H and O–H groups in total. The molecule has 0 bridgehead atoms. The molecule has 0 saturated carbocycles. The fraction of sp³-hybridized carbons (Fsp3) is 0.111. The van der Waals surface area contributed by atoms with Crippen LogP contribution in [0.15, 0.2) is 22.7 Å². The van der Waals surface area contributed by atoms with E-state index in [-0.39, 0.29) is 12.2 Å². The Morgan fingerprint density at radius 3 is 2.60 bits per heavy atom. The van der Waals surface area contributed by atoms with E-state index in [1.807, 2.05) is 0 Å². The number of ether oxygens (including phenoxy) is 1. The first-order chi connectivity index (χ1) is 7.00. The number of aromatic carboxylic acids is 1. The van der Waals surface area contributed by atoms with Crippen LogP contribution in [0.5, 0.6) is 5.75 Å². The normalized spacial score (nSPS) is 9.67. The first kappa shape index (κ1) is 11.5. The Balaban J connectivity index is 2.83. The van der Waals surface area contributed by atoms with Crippen molar-refractivity contribution in [2.24, 2.45) is 5.73 Å². The van der Waals surface area contributed by atoms with Gasteiger partial charge < -0.3 is 15.6 Å². The summed E-state index contributed by atoms with van der Waals surface area (Å²) < 4.78 is 5.48. The topological polar surface area (TPSA) is 89.6 Å². The maximum absolute atomic E-state index is 10.6. The number of hydrogen-bond donors (Lipinski definition) is 2. The van der Waals surface area contributed by atoms with Gasteiger partial charge in [-0.15, -0.1) is 0 Å². The fourth-order valence-corrected chi connectivity index (χ4v) is 1.39. The number of carboxylic acid groups (broad SMARTS) is 1. The minimum absolute atomic E-state index is 0.133. The average molecular weight is 274 g/mol. The Morgan fingerprint density at radius 1 is 1.47 bits per heavy atom. The third-order valence-electron chi connectivity index (χ3n) is 1.55. The zero-order chi connectivity index (χ0) is 11.4. The van der Waals surface area contributed by atoms with Crippen LogP contribution >= 0.6 is 15.9 Å². The lowest BCUT2D eigenvalue weighted by Crippen LogP contribution is -2.20. The number of carbonyl (C=O) groups excluding carboxylic acids is 1. The minimum Gasteiger partial charge on any atom is -0.483 e. The van der Waals surface area contributed by atoms with Gasteiger partial charge in [-0.05, 0) is 34.1 Å². The van der Waals surface area contributed by atoms with Gasteiger partial charge in [0.25, 0.3) is 5.91 Å². The largest absolute Gasteiger partial charge is 0.483 e. The van der Waals surface area contributed by atoms with Crippen LogP contribution in [0.1, 0.15) is 10.4 Å². The number of benzene rings is 1. The highest BCUT2D eigenvalue weighted by Crippen LogP contribution is 2.25. The average Bonchev–Trinajstić information content (AvgIpc) is 2.15. The lowest BCUT2D eigenvalue weighted by molar-refractivity contribution is -0.119. The number of amides is 1. The Morgan fingerprint density at radius 2 is 2.13 bits per heavy atom. The molecule has 0 unspecified atom stereocenters. The molecule has 1 amide bonds. The SMILES string of the molecule is NC(=O)COc1ccc(C(=O)O)cc1Br. The van der Waals surface area contributed by atoms with E-state index in [1.165, 1.54) is 18.2 Å². The summed E-state index contributed by atoms with van der Waals surface area (Å²) in [5.41, 5.74) is 5.03. The molecule has 0 fully saturated rings. The molecule has 15 heavy (non-hydrogen) atoms. The summed E-state index contributed by atoms with van der Waals surface area (Å²) in [6, 6.07) is 4.22. The maximum atomic E-state index is 10.6. The Hall–Kier alpha value is -1.56. The summed E-state index contributed by atoms with van der Waals surface area (Å²) in [6.45, 7) is -0.245. The number of hydrogen-bond acceptors (Lipinski definition) is 3. The molecule has 0 aliphatic carbocycles. The van der Waals surface area contributed by atoms with Gasteiger partial charge in [-0.25, -0.2) is 4.79 Å². The van der Waals surface area contributed by atoms with E-state index in [0.29, 0.717) is 10.2 Å². The van der Waals surface area contributed by atoms with Crippen molar-refractivity contribution >= 4 is 27.8 Å². The van der Waals surface area contributed by atoms with E-state index in [2.05, 4.69) is 15.9 Å². The molecule has 5 nitrogen and oxygen atoms in total. The summed E-state index contributed by atoms with van der Waals surface area (Å²) in [5.74, 6) is -1.25. The summed E-state index contributed by atoms with van der Waals surface area (Å²) in [7, 11) is 0. The van der Waals surface area contributed by atoms with Gasteiger partial charge in [0.15, 0.2) is 6.61 Å². The van der Waals surface area contributed by atoms with Gasteiger partial charge in [-0.3, -0.25) is 4.79 Å². The minimum atomic E-state index is -1.03. The van der Waals surface area contributed by atoms with E-state index < -0.39 is 11.9 Å². The van der Waals surface area contributed by atoms with Crippen molar-refractivity contribution in [2.45, 2.75) is 0 Å². The second-order valence-corrected chi connectivity index (χ2v) is 3.56. The van der Waals surface area contributed by atoms with Gasteiger partial charge in [0.05, 0.1) is 10.0 Å². The molecule has 0 radical (unpaired) electrons. The van der Waals surface area contributed by atoms with Gasteiger partial charge >= 0.3 is 5.97 Å². The molecule has 6 heteroatoms. The molecule has 0 aliphatic rings. The number of carbonyl (C=O) groups is 2. The molecule has 1 aromatic carbocycles. The lowest BCUT2D eigenvalue weighted by Gasteiger charge is -2.06. The summed E-state index contributed by atoms with van der Waals surface area (Å²) in [5, 5.41) is 8.68. The molecule has 1 aromatic rings. The van der Waals surface area contributed by atoms with Crippen molar-refractivity contribution < 1.29 is 19.4 Å². The first-order valence-corrected chi connectivity index (χ1v) is 4.74. The Labute approximate surface area is 94.0 Å². The van der Waals surface area contributed by atoms with Gasteiger partial charge in [0.2, 0.25) is 0 Å². The van der Waals surface area contributed by atoms with Crippen LogP contribution in [0.2, 0.25) is 0 Å². The highest BCUT2D eigenvalue weighted by atomic mass is 79.9. The predicted octanol–water partition coefficient (Wildman–Crippen LogP) is 1.01. The summed E-state index contributed by atoms with van der Waals surface area (Å²) in [4.78, 5) is 21.0. The Bertz CT molecular complexity index is 405. The van der Waals surface area contributed by atoms with Crippen LogP contribution in [0.3, 0.4) is 0 Å². The van der Waals surface area contributed by atoms with Crippen LogP contribution in [-0.4, -0.2) is 23.6 Å². The summed E-state index contributed by atoms with van der Waals surface area (Å²) in [6.07, 6.45) is 0. The third kappa shape index (κ3) is 3.25. The monoisotopic (exact) mass is 273 g/mol. The molecule has 0 aliphatic heterocycles.